The van der Waals surface area contributed by atoms with Crippen LogP contribution in [0.1, 0.15) is 35.2 Å². The van der Waals surface area contributed by atoms with Gasteiger partial charge in [0.05, 0.1) is 12.5 Å². The number of likely N-dealkylation sites (N-methyl/N-ethyl adjacent to an activating group) is 1. The monoisotopic (exact) mass is 302 g/mol. The van der Waals surface area contributed by atoms with E-state index in [0.29, 0.717) is 12.5 Å². The number of carbonyl (C=O) groups excluding carboxylic acids is 1. The van der Waals surface area contributed by atoms with Crippen LogP contribution in [0.15, 0.2) is 36.4 Å². The van der Waals surface area contributed by atoms with Gasteiger partial charge in [0.25, 0.3) is 0 Å². The first kappa shape index (κ1) is 15.6. The lowest BCUT2D eigenvalue weighted by Crippen LogP contribution is -2.19. The Hall–Kier alpha value is -1.81. The fourth-order valence-electron chi connectivity index (χ4n) is 2.13. The van der Waals surface area contributed by atoms with Gasteiger partial charge < -0.3 is 10.6 Å². The van der Waals surface area contributed by atoms with Gasteiger partial charge in [0.2, 0.25) is 5.91 Å². The van der Waals surface area contributed by atoms with Crippen LogP contribution >= 0.6 is 11.3 Å². The molecular formula is C17H22N2OS. The van der Waals surface area contributed by atoms with Crippen molar-refractivity contribution in [3.05, 3.63) is 51.7 Å². The molecule has 1 aromatic carbocycles. The SMILES string of the molecule is CCc1ccc(C(C)Nc2ccc(CC(=O)NC)cc2)s1. The Morgan fingerprint density at radius 1 is 1.19 bits per heavy atom. The minimum absolute atomic E-state index is 0.0368. The second-order valence-electron chi connectivity index (χ2n) is 5.07. The van der Waals surface area contributed by atoms with Crippen LogP contribution in [0.25, 0.3) is 0 Å². The smallest absolute Gasteiger partial charge is 0.224 e. The first-order valence-electron chi connectivity index (χ1n) is 7.27. The van der Waals surface area contributed by atoms with Crippen molar-refractivity contribution in [2.24, 2.45) is 0 Å². The van der Waals surface area contributed by atoms with E-state index in [2.05, 4.69) is 36.6 Å². The van der Waals surface area contributed by atoms with Crippen molar-refractivity contribution in [1.29, 1.82) is 0 Å². The summed E-state index contributed by atoms with van der Waals surface area (Å²) in [7, 11) is 1.66. The van der Waals surface area contributed by atoms with E-state index in [9.17, 15) is 4.79 Å². The first-order valence-corrected chi connectivity index (χ1v) is 8.08. The molecule has 0 aliphatic heterocycles. The molecule has 1 amide bonds. The number of anilines is 1. The molecule has 0 saturated carbocycles. The van der Waals surface area contributed by atoms with Gasteiger partial charge in [-0.15, -0.1) is 11.3 Å². The standard InChI is InChI=1S/C17H22N2OS/c1-4-15-9-10-16(21-15)12(2)19-14-7-5-13(6-8-14)11-17(20)18-3/h5-10,12,19H,4,11H2,1-3H3,(H,18,20). The summed E-state index contributed by atoms with van der Waals surface area (Å²) in [6, 6.07) is 12.7. The molecule has 1 aromatic heterocycles. The summed E-state index contributed by atoms with van der Waals surface area (Å²) in [6.45, 7) is 4.35. The van der Waals surface area contributed by atoms with Crippen molar-refractivity contribution < 1.29 is 4.79 Å². The van der Waals surface area contributed by atoms with Crippen LogP contribution in [0.5, 0.6) is 0 Å². The van der Waals surface area contributed by atoms with Crippen LogP contribution in [0, 0.1) is 0 Å². The van der Waals surface area contributed by atoms with Gasteiger partial charge in [-0.25, -0.2) is 0 Å². The number of thiophene rings is 1. The van der Waals surface area contributed by atoms with E-state index in [4.69, 9.17) is 0 Å². The topological polar surface area (TPSA) is 41.1 Å². The van der Waals surface area contributed by atoms with Crippen LogP contribution < -0.4 is 10.6 Å². The summed E-state index contributed by atoms with van der Waals surface area (Å²) in [5, 5.41) is 6.14. The average Bonchev–Trinajstić information content (AvgIpc) is 2.98. The predicted octanol–water partition coefficient (Wildman–Crippen LogP) is 3.77. The van der Waals surface area contributed by atoms with Crippen molar-refractivity contribution in [1.82, 2.24) is 5.32 Å². The maximum atomic E-state index is 11.3. The maximum absolute atomic E-state index is 11.3. The molecule has 112 valence electrons. The summed E-state index contributed by atoms with van der Waals surface area (Å²) >= 11 is 1.86. The number of hydrogen-bond donors (Lipinski definition) is 2. The molecule has 21 heavy (non-hydrogen) atoms. The van der Waals surface area contributed by atoms with E-state index >= 15 is 0 Å². The Morgan fingerprint density at radius 3 is 2.48 bits per heavy atom. The molecule has 0 aliphatic carbocycles. The summed E-state index contributed by atoms with van der Waals surface area (Å²) < 4.78 is 0. The lowest BCUT2D eigenvalue weighted by atomic mass is 10.1. The maximum Gasteiger partial charge on any atom is 0.224 e. The Morgan fingerprint density at radius 2 is 1.90 bits per heavy atom. The Bertz CT molecular complexity index is 589. The zero-order chi connectivity index (χ0) is 15.2. The summed E-state index contributed by atoms with van der Waals surface area (Å²) in [4.78, 5) is 14.1. The van der Waals surface area contributed by atoms with E-state index in [1.807, 2.05) is 35.6 Å². The van der Waals surface area contributed by atoms with E-state index in [1.165, 1.54) is 9.75 Å². The zero-order valence-electron chi connectivity index (χ0n) is 12.8. The van der Waals surface area contributed by atoms with Crippen LogP contribution in [-0.2, 0) is 17.6 Å². The van der Waals surface area contributed by atoms with Gasteiger partial charge in [-0.05, 0) is 43.2 Å². The van der Waals surface area contributed by atoms with Gasteiger partial charge in [-0.2, -0.15) is 0 Å². The molecule has 0 radical (unpaired) electrons. The summed E-state index contributed by atoms with van der Waals surface area (Å²) in [6.07, 6.45) is 1.52. The molecule has 3 nitrogen and oxygen atoms in total. The summed E-state index contributed by atoms with van der Waals surface area (Å²) in [5.41, 5.74) is 2.10. The van der Waals surface area contributed by atoms with E-state index in [-0.39, 0.29) is 5.91 Å². The molecule has 0 bridgehead atoms. The lowest BCUT2D eigenvalue weighted by Gasteiger charge is -2.14. The minimum atomic E-state index is 0.0368. The lowest BCUT2D eigenvalue weighted by molar-refractivity contribution is -0.119. The highest BCUT2D eigenvalue weighted by Crippen LogP contribution is 2.26. The molecule has 1 atom stereocenters. The van der Waals surface area contributed by atoms with Gasteiger partial charge >= 0.3 is 0 Å². The van der Waals surface area contributed by atoms with Crippen LogP contribution in [0.3, 0.4) is 0 Å². The number of rotatable bonds is 6. The normalized spacial score (nSPS) is 12.0. The highest BCUT2D eigenvalue weighted by molar-refractivity contribution is 7.12. The van der Waals surface area contributed by atoms with Crippen LogP contribution in [0.4, 0.5) is 5.69 Å². The van der Waals surface area contributed by atoms with Gasteiger partial charge in [-0.3, -0.25) is 4.79 Å². The number of nitrogens with one attached hydrogen (secondary N) is 2. The molecule has 0 spiro atoms. The largest absolute Gasteiger partial charge is 0.378 e. The molecule has 1 unspecified atom stereocenters. The zero-order valence-corrected chi connectivity index (χ0v) is 13.6. The molecule has 2 aromatic rings. The quantitative estimate of drug-likeness (QED) is 0.853. The minimum Gasteiger partial charge on any atom is -0.378 e. The number of benzene rings is 1. The second-order valence-corrected chi connectivity index (χ2v) is 6.27. The van der Waals surface area contributed by atoms with Crippen molar-refractivity contribution in [2.45, 2.75) is 32.7 Å². The number of aryl methyl sites for hydroxylation is 1. The highest BCUT2D eigenvalue weighted by Gasteiger charge is 2.08. The molecule has 0 aliphatic rings. The van der Waals surface area contributed by atoms with E-state index < -0.39 is 0 Å². The van der Waals surface area contributed by atoms with Gasteiger partial charge in [0, 0.05) is 22.5 Å². The van der Waals surface area contributed by atoms with E-state index in [1.54, 1.807) is 7.05 Å². The van der Waals surface area contributed by atoms with E-state index in [0.717, 1.165) is 17.7 Å². The van der Waals surface area contributed by atoms with Gasteiger partial charge in [-0.1, -0.05) is 19.1 Å². The fraction of sp³-hybridized carbons (Fsp3) is 0.353. The molecule has 1 heterocycles. The van der Waals surface area contributed by atoms with Crippen LogP contribution in [-0.4, -0.2) is 13.0 Å². The number of amides is 1. The predicted molar refractivity (Wildman–Crippen MR) is 89.9 cm³/mol. The summed E-state index contributed by atoms with van der Waals surface area (Å²) in [5.74, 6) is 0.0368. The third-order valence-electron chi connectivity index (χ3n) is 3.44. The third-order valence-corrected chi connectivity index (χ3v) is 4.85. The van der Waals surface area contributed by atoms with Crippen molar-refractivity contribution in [3.8, 4) is 0 Å². The molecular weight excluding hydrogens is 280 g/mol. The first-order chi connectivity index (χ1) is 10.1. The molecule has 4 heteroatoms. The van der Waals surface area contributed by atoms with Crippen molar-refractivity contribution in [2.75, 3.05) is 12.4 Å². The van der Waals surface area contributed by atoms with Crippen LogP contribution in [0.2, 0.25) is 0 Å². The molecule has 2 rings (SSSR count). The molecule has 2 N–H and O–H groups in total. The Labute approximate surface area is 130 Å². The Balaban J connectivity index is 1.97. The molecule has 0 saturated heterocycles. The van der Waals surface area contributed by atoms with Crippen molar-refractivity contribution in [3.63, 3.8) is 0 Å². The third kappa shape index (κ3) is 4.33. The Kier molecular flexibility index (Phi) is 5.39. The number of carbonyl (C=O) groups is 1. The fourth-order valence-corrected chi connectivity index (χ4v) is 3.09. The number of hydrogen-bond acceptors (Lipinski definition) is 3. The second kappa shape index (κ2) is 7.27. The van der Waals surface area contributed by atoms with Crippen molar-refractivity contribution >= 4 is 22.9 Å². The highest BCUT2D eigenvalue weighted by atomic mass is 32.1. The molecule has 0 fully saturated rings. The van der Waals surface area contributed by atoms with Gasteiger partial charge in [0.1, 0.15) is 0 Å². The van der Waals surface area contributed by atoms with Gasteiger partial charge in [0.15, 0.2) is 0 Å². The average molecular weight is 302 g/mol.